The first-order valence-electron chi connectivity index (χ1n) is 10.5. The van der Waals surface area contributed by atoms with Gasteiger partial charge < -0.3 is 20.0 Å². The van der Waals surface area contributed by atoms with E-state index in [-0.39, 0.29) is 24.9 Å². The SMILES string of the molecule is C[C@H](c1ccccc1)[NH+]1CCN(C(=O)C[NH+](C)CC(=O)Nc2cccc(F)c2)CC1. The van der Waals surface area contributed by atoms with Gasteiger partial charge >= 0.3 is 0 Å². The second kappa shape index (κ2) is 10.3. The van der Waals surface area contributed by atoms with Crippen molar-refractivity contribution in [3.63, 3.8) is 0 Å². The molecule has 1 unspecified atom stereocenters. The number of quaternary nitrogens is 2. The number of rotatable bonds is 7. The summed E-state index contributed by atoms with van der Waals surface area (Å²) in [6, 6.07) is 16.7. The predicted octanol–water partition coefficient (Wildman–Crippen LogP) is -0.233. The second-order valence-electron chi connectivity index (χ2n) is 8.04. The van der Waals surface area contributed by atoms with E-state index in [1.165, 1.54) is 22.6 Å². The van der Waals surface area contributed by atoms with Crippen LogP contribution in [0, 0.1) is 5.82 Å². The van der Waals surface area contributed by atoms with Crippen LogP contribution >= 0.6 is 0 Å². The first-order valence-corrected chi connectivity index (χ1v) is 10.5. The predicted molar refractivity (Wildman–Crippen MR) is 114 cm³/mol. The molecule has 0 spiro atoms. The van der Waals surface area contributed by atoms with Crippen LogP contribution in [0.1, 0.15) is 18.5 Å². The molecule has 0 aliphatic carbocycles. The van der Waals surface area contributed by atoms with Gasteiger partial charge in [-0.05, 0) is 25.1 Å². The zero-order valence-electron chi connectivity index (χ0n) is 17.7. The largest absolute Gasteiger partial charge is 0.327 e. The molecular weight excluding hydrogens is 383 g/mol. The van der Waals surface area contributed by atoms with Gasteiger partial charge in [0.2, 0.25) is 0 Å². The van der Waals surface area contributed by atoms with Crippen LogP contribution in [0.5, 0.6) is 0 Å². The number of hydrogen-bond acceptors (Lipinski definition) is 2. The highest BCUT2D eigenvalue weighted by atomic mass is 19.1. The number of hydrogen-bond donors (Lipinski definition) is 3. The van der Waals surface area contributed by atoms with E-state index < -0.39 is 5.82 Å². The van der Waals surface area contributed by atoms with E-state index in [4.69, 9.17) is 0 Å². The lowest BCUT2D eigenvalue weighted by Gasteiger charge is -2.35. The van der Waals surface area contributed by atoms with E-state index in [1.807, 2.05) is 18.0 Å². The molecular formula is C23H31FN4O2+2. The quantitative estimate of drug-likeness (QED) is 0.586. The Morgan fingerprint density at radius 2 is 1.80 bits per heavy atom. The van der Waals surface area contributed by atoms with Crippen molar-refractivity contribution in [1.82, 2.24) is 4.90 Å². The molecule has 0 saturated carbocycles. The van der Waals surface area contributed by atoms with Gasteiger partial charge in [0.1, 0.15) is 11.9 Å². The molecule has 2 aromatic rings. The number of carbonyl (C=O) groups excluding carboxylic acids is 2. The van der Waals surface area contributed by atoms with Crippen molar-refractivity contribution in [2.24, 2.45) is 0 Å². The minimum absolute atomic E-state index is 0.0671. The molecule has 1 saturated heterocycles. The minimum atomic E-state index is -0.397. The molecule has 6 nitrogen and oxygen atoms in total. The molecule has 7 heteroatoms. The third-order valence-corrected chi connectivity index (χ3v) is 5.69. The average molecular weight is 415 g/mol. The highest BCUT2D eigenvalue weighted by molar-refractivity contribution is 5.91. The number of benzene rings is 2. The molecule has 2 atom stereocenters. The molecule has 3 N–H and O–H groups in total. The van der Waals surface area contributed by atoms with E-state index in [9.17, 15) is 14.0 Å². The monoisotopic (exact) mass is 414 g/mol. The first kappa shape index (κ1) is 21.9. The third-order valence-electron chi connectivity index (χ3n) is 5.69. The van der Waals surface area contributed by atoms with Crippen molar-refractivity contribution in [3.05, 3.63) is 66.0 Å². The summed E-state index contributed by atoms with van der Waals surface area (Å²) in [6.07, 6.45) is 0. The molecule has 1 aliphatic heterocycles. The highest BCUT2D eigenvalue weighted by Gasteiger charge is 2.29. The number of halogens is 1. The zero-order chi connectivity index (χ0) is 21.5. The zero-order valence-corrected chi connectivity index (χ0v) is 17.7. The topological polar surface area (TPSA) is 58.3 Å². The number of amides is 2. The minimum Gasteiger partial charge on any atom is -0.327 e. The van der Waals surface area contributed by atoms with Crippen LogP contribution < -0.4 is 15.1 Å². The summed E-state index contributed by atoms with van der Waals surface area (Å²) in [4.78, 5) is 29.0. The van der Waals surface area contributed by atoms with Crippen LogP contribution in [0.15, 0.2) is 54.6 Å². The Morgan fingerprint density at radius 1 is 1.10 bits per heavy atom. The van der Waals surface area contributed by atoms with Gasteiger partial charge in [0, 0.05) is 11.3 Å². The van der Waals surface area contributed by atoms with Gasteiger partial charge in [0.05, 0.1) is 33.2 Å². The maximum absolute atomic E-state index is 13.2. The Hall–Kier alpha value is -2.77. The summed E-state index contributed by atoms with van der Waals surface area (Å²) in [5.74, 6) is -0.569. The average Bonchev–Trinajstić information content (AvgIpc) is 2.73. The van der Waals surface area contributed by atoms with Crippen LogP contribution in [-0.2, 0) is 9.59 Å². The maximum atomic E-state index is 13.2. The normalized spacial score (nSPS) is 16.7. The van der Waals surface area contributed by atoms with E-state index in [0.29, 0.717) is 11.7 Å². The summed E-state index contributed by atoms with van der Waals surface area (Å²) in [6.45, 7) is 5.94. The fourth-order valence-electron chi connectivity index (χ4n) is 3.93. The number of carbonyl (C=O) groups is 2. The molecule has 0 bridgehead atoms. The van der Waals surface area contributed by atoms with Crippen LogP contribution in [0.3, 0.4) is 0 Å². The lowest BCUT2D eigenvalue weighted by Crippen LogP contribution is -3.15. The van der Waals surface area contributed by atoms with Gasteiger partial charge in [-0.2, -0.15) is 0 Å². The molecule has 0 radical (unpaired) electrons. The summed E-state index contributed by atoms with van der Waals surface area (Å²) >= 11 is 0. The Kier molecular flexibility index (Phi) is 7.54. The van der Waals surface area contributed by atoms with Crippen molar-refractivity contribution in [1.29, 1.82) is 0 Å². The maximum Gasteiger partial charge on any atom is 0.279 e. The number of nitrogens with zero attached hydrogens (tertiary/aromatic N) is 1. The second-order valence-corrected chi connectivity index (χ2v) is 8.04. The molecule has 30 heavy (non-hydrogen) atoms. The third kappa shape index (κ3) is 6.11. The van der Waals surface area contributed by atoms with E-state index in [0.717, 1.165) is 31.1 Å². The van der Waals surface area contributed by atoms with Gasteiger partial charge in [0.15, 0.2) is 13.1 Å². The molecule has 1 aliphatic rings. The Morgan fingerprint density at radius 3 is 2.47 bits per heavy atom. The fourth-order valence-corrected chi connectivity index (χ4v) is 3.93. The van der Waals surface area contributed by atoms with E-state index in [2.05, 4.69) is 36.5 Å². The molecule has 1 fully saturated rings. The molecule has 2 aromatic carbocycles. The summed E-state index contributed by atoms with van der Waals surface area (Å²) in [5, 5.41) is 2.67. The standard InChI is InChI=1S/C23H29FN4O2/c1-18(19-7-4-3-5-8-19)27-11-13-28(14-12-27)23(30)17-26(2)16-22(29)25-21-10-6-9-20(24)15-21/h3-10,15,18H,11-14,16-17H2,1-2H3,(H,25,29)/p+2/t18-/m1/s1. The Labute approximate surface area is 177 Å². The lowest BCUT2D eigenvalue weighted by atomic mass is 10.1. The van der Waals surface area contributed by atoms with Crippen LogP contribution in [0.4, 0.5) is 10.1 Å². The van der Waals surface area contributed by atoms with Crippen molar-refractivity contribution >= 4 is 17.5 Å². The summed E-state index contributed by atoms with van der Waals surface area (Å²) in [5.41, 5.74) is 1.74. The van der Waals surface area contributed by atoms with Crippen molar-refractivity contribution in [3.8, 4) is 0 Å². The van der Waals surface area contributed by atoms with Crippen molar-refractivity contribution in [2.45, 2.75) is 13.0 Å². The number of nitrogens with one attached hydrogen (secondary N) is 3. The first-order chi connectivity index (χ1) is 14.4. The molecule has 0 aromatic heterocycles. The number of likely N-dealkylation sites (N-methyl/N-ethyl adjacent to an activating group) is 1. The van der Waals surface area contributed by atoms with E-state index >= 15 is 0 Å². The number of piperazine rings is 1. The fraction of sp³-hybridized carbons (Fsp3) is 0.391. The van der Waals surface area contributed by atoms with Gasteiger partial charge in [-0.3, -0.25) is 9.59 Å². The molecule has 160 valence electrons. The van der Waals surface area contributed by atoms with Gasteiger partial charge in [-0.1, -0.05) is 36.4 Å². The Bertz CT molecular complexity index is 853. The molecule has 1 heterocycles. The molecule has 2 amide bonds. The Balaban J connectivity index is 1.42. The smallest absolute Gasteiger partial charge is 0.279 e. The molecule has 3 rings (SSSR count). The summed E-state index contributed by atoms with van der Waals surface area (Å²) < 4.78 is 13.2. The highest BCUT2D eigenvalue weighted by Crippen LogP contribution is 2.09. The van der Waals surface area contributed by atoms with Gasteiger partial charge in [-0.15, -0.1) is 0 Å². The summed E-state index contributed by atoms with van der Waals surface area (Å²) in [7, 11) is 1.82. The van der Waals surface area contributed by atoms with Crippen molar-refractivity contribution < 1.29 is 23.8 Å². The van der Waals surface area contributed by atoms with Gasteiger partial charge in [-0.25, -0.2) is 4.39 Å². The van der Waals surface area contributed by atoms with Crippen LogP contribution in [0.2, 0.25) is 0 Å². The van der Waals surface area contributed by atoms with Crippen LogP contribution in [0.25, 0.3) is 0 Å². The van der Waals surface area contributed by atoms with Crippen LogP contribution in [-0.4, -0.2) is 63.0 Å². The number of anilines is 1. The lowest BCUT2D eigenvalue weighted by molar-refractivity contribution is -0.933. The van der Waals surface area contributed by atoms with Gasteiger partial charge in [0.25, 0.3) is 11.8 Å². The van der Waals surface area contributed by atoms with E-state index in [1.54, 1.807) is 12.1 Å². The van der Waals surface area contributed by atoms with Crippen molar-refractivity contribution in [2.75, 3.05) is 51.6 Å².